The summed E-state index contributed by atoms with van der Waals surface area (Å²) >= 11 is 0. The van der Waals surface area contributed by atoms with Gasteiger partial charge in [0, 0.05) is 13.6 Å². The Morgan fingerprint density at radius 3 is 2.50 bits per heavy atom. The van der Waals surface area contributed by atoms with Gasteiger partial charge in [0.1, 0.15) is 0 Å². The molecule has 1 saturated heterocycles. The summed E-state index contributed by atoms with van der Waals surface area (Å²) in [5.41, 5.74) is 0. The average Bonchev–Trinajstić information content (AvgIpc) is 2.29. The number of piperidine rings is 1. The van der Waals surface area contributed by atoms with Crippen molar-refractivity contribution in [2.24, 2.45) is 5.92 Å². The molecule has 0 unspecified atom stereocenters. The molecular formula is C12H26N2O3S. The van der Waals surface area contributed by atoms with Gasteiger partial charge in [-0.1, -0.05) is 0 Å². The van der Waals surface area contributed by atoms with Crippen LogP contribution in [0.1, 0.15) is 26.7 Å². The summed E-state index contributed by atoms with van der Waals surface area (Å²) in [4.78, 5) is 0. The Morgan fingerprint density at radius 2 is 1.94 bits per heavy atom. The van der Waals surface area contributed by atoms with Crippen LogP contribution in [0, 0.1) is 5.92 Å². The molecule has 0 saturated carbocycles. The van der Waals surface area contributed by atoms with E-state index in [1.807, 2.05) is 13.8 Å². The molecule has 1 rings (SSSR count). The molecule has 1 heterocycles. The normalized spacial score (nSPS) is 18.7. The van der Waals surface area contributed by atoms with Crippen molar-refractivity contribution < 1.29 is 13.2 Å². The van der Waals surface area contributed by atoms with E-state index in [9.17, 15) is 8.42 Å². The minimum Gasteiger partial charge on any atom is -0.377 e. The molecule has 0 radical (unpaired) electrons. The van der Waals surface area contributed by atoms with Crippen LogP contribution in [-0.2, 0) is 14.8 Å². The molecule has 0 bridgehead atoms. The van der Waals surface area contributed by atoms with Crippen molar-refractivity contribution in [3.05, 3.63) is 0 Å². The van der Waals surface area contributed by atoms with Gasteiger partial charge in [-0.2, -0.15) is 0 Å². The first-order valence-electron chi connectivity index (χ1n) is 6.68. The van der Waals surface area contributed by atoms with E-state index in [1.165, 1.54) is 4.31 Å². The molecule has 0 aromatic carbocycles. The van der Waals surface area contributed by atoms with E-state index in [-0.39, 0.29) is 11.9 Å². The zero-order chi connectivity index (χ0) is 13.6. The number of ether oxygens (including phenoxy) is 1. The number of rotatable bonds is 7. The number of nitrogens with one attached hydrogen (secondary N) is 1. The minimum atomic E-state index is -3.13. The summed E-state index contributed by atoms with van der Waals surface area (Å²) in [6.45, 7) is 6.65. The monoisotopic (exact) mass is 278 g/mol. The Hall–Kier alpha value is -0.170. The van der Waals surface area contributed by atoms with Gasteiger partial charge in [0.2, 0.25) is 10.0 Å². The molecule has 5 nitrogen and oxygen atoms in total. The Bertz CT molecular complexity index is 324. The van der Waals surface area contributed by atoms with E-state index >= 15 is 0 Å². The highest BCUT2D eigenvalue weighted by Crippen LogP contribution is 2.15. The zero-order valence-corrected chi connectivity index (χ0v) is 12.5. The van der Waals surface area contributed by atoms with E-state index in [2.05, 4.69) is 5.32 Å². The fraction of sp³-hybridized carbons (Fsp3) is 1.00. The molecule has 0 amide bonds. The lowest BCUT2D eigenvalue weighted by molar-refractivity contribution is 0.0736. The third-order valence-electron chi connectivity index (χ3n) is 3.24. The second-order valence-corrected chi connectivity index (χ2v) is 7.33. The van der Waals surface area contributed by atoms with Gasteiger partial charge in [-0.05, 0) is 45.7 Å². The topological polar surface area (TPSA) is 58.6 Å². The van der Waals surface area contributed by atoms with Crippen LogP contribution in [0.2, 0.25) is 0 Å². The molecule has 0 aromatic rings. The van der Waals surface area contributed by atoms with Crippen molar-refractivity contribution in [2.75, 3.05) is 39.0 Å². The number of hydrogen-bond donors (Lipinski definition) is 1. The van der Waals surface area contributed by atoms with E-state index in [1.54, 1.807) is 7.05 Å². The Balaban J connectivity index is 2.36. The van der Waals surface area contributed by atoms with Crippen molar-refractivity contribution in [1.82, 2.24) is 9.62 Å². The quantitative estimate of drug-likeness (QED) is 0.744. The average molecular weight is 278 g/mol. The second-order valence-electron chi connectivity index (χ2n) is 5.21. The van der Waals surface area contributed by atoms with Gasteiger partial charge in [-0.3, -0.25) is 0 Å². The lowest BCUT2D eigenvalue weighted by Gasteiger charge is -2.25. The van der Waals surface area contributed by atoms with E-state index in [0.29, 0.717) is 19.1 Å². The van der Waals surface area contributed by atoms with Crippen molar-refractivity contribution in [2.45, 2.75) is 32.8 Å². The molecular weight excluding hydrogens is 252 g/mol. The van der Waals surface area contributed by atoms with Crippen LogP contribution >= 0.6 is 0 Å². The lowest BCUT2D eigenvalue weighted by Crippen LogP contribution is -2.38. The van der Waals surface area contributed by atoms with Gasteiger partial charge in [0.05, 0.1) is 18.5 Å². The maximum absolute atomic E-state index is 12.1. The number of sulfonamides is 1. The molecule has 0 spiro atoms. The van der Waals surface area contributed by atoms with E-state index in [4.69, 9.17) is 4.74 Å². The number of likely N-dealkylation sites (N-methyl/N-ethyl adjacent to an activating group) is 1. The van der Waals surface area contributed by atoms with E-state index < -0.39 is 10.0 Å². The van der Waals surface area contributed by atoms with Crippen LogP contribution in [0.5, 0.6) is 0 Å². The lowest BCUT2D eigenvalue weighted by atomic mass is 10.0. The highest BCUT2D eigenvalue weighted by Gasteiger charge is 2.24. The van der Waals surface area contributed by atoms with Gasteiger partial charge in [0.25, 0.3) is 0 Å². The predicted octanol–water partition coefficient (Wildman–Crippen LogP) is 0.673. The molecule has 1 N–H and O–H groups in total. The SMILES string of the molecule is CC(C)OCCN(C)S(=O)(=O)CC1CCNCC1. The van der Waals surface area contributed by atoms with Crippen LogP contribution in [-0.4, -0.2) is 57.9 Å². The standard InChI is InChI=1S/C12H26N2O3S/c1-11(2)17-9-8-14(3)18(15,16)10-12-4-6-13-7-5-12/h11-13H,4-10H2,1-3H3. The summed E-state index contributed by atoms with van der Waals surface area (Å²) in [5.74, 6) is 0.567. The van der Waals surface area contributed by atoms with Crippen LogP contribution in [0.3, 0.4) is 0 Å². The Morgan fingerprint density at radius 1 is 1.33 bits per heavy atom. The molecule has 0 aliphatic carbocycles. The summed E-state index contributed by atoms with van der Waals surface area (Å²) in [5, 5.41) is 3.25. The fourth-order valence-electron chi connectivity index (χ4n) is 2.03. The largest absolute Gasteiger partial charge is 0.377 e. The third-order valence-corrected chi connectivity index (χ3v) is 5.26. The van der Waals surface area contributed by atoms with Crippen molar-refractivity contribution in [1.29, 1.82) is 0 Å². The smallest absolute Gasteiger partial charge is 0.214 e. The van der Waals surface area contributed by atoms with Gasteiger partial charge >= 0.3 is 0 Å². The van der Waals surface area contributed by atoms with Gasteiger partial charge in [-0.25, -0.2) is 12.7 Å². The van der Waals surface area contributed by atoms with Crippen molar-refractivity contribution in [3.63, 3.8) is 0 Å². The number of nitrogens with zero attached hydrogens (tertiary/aromatic N) is 1. The van der Waals surface area contributed by atoms with Gasteiger partial charge in [-0.15, -0.1) is 0 Å². The van der Waals surface area contributed by atoms with Crippen LogP contribution < -0.4 is 5.32 Å². The Labute approximate surface area is 111 Å². The molecule has 108 valence electrons. The Kier molecular flexibility index (Phi) is 6.55. The van der Waals surface area contributed by atoms with Crippen molar-refractivity contribution >= 4 is 10.0 Å². The molecule has 6 heteroatoms. The maximum Gasteiger partial charge on any atom is 0.214 e. The van der Waals surface area contributed by atoms with Crippen LogP contribution in [0.25, 0.3) is 0 Å². The highest BCUT2D eigenvalue weighted by atomic mass is 32.2. The zero-order valence-electron chi connectivity index (χ0n) is 11.7. The fourth-order valence-corrected chi connectivity index (χ4v) is 3.57. The first kappa shape index (κ1) is 15.9. The summed E-state index contributed by atoms with van der Waals surface area (Å²) in [7, 11) is -1.49. The van der Waals surface area contributed by atoms with E-state index in [0.717, 1.165) is 25.9 Å². The van der Waals surface area contributed by atoms with Gasteiger partial charge in [0.15, 0.2) is 0 Å². The molecule has 1 aliphatic heterocycles. The molecule has 0 aromatic heterocycles. The minimum absolute atomic E-state index is 0.144. The summed E-state index contributed by atoms with van der Waals surface area (Å²) in [6.07, 6.45) is 2.05. The molecule has 1 aliphatic rings. The second kappa shape index (κ2) is 7.43. The predicted molar refractivity (Wildman–Crippen MR) is 73.1 cm³/mol. The first-order chi connectivity index (χ1) is 8.42. The highest BCUT2D eigenvalue weighted by molar-refractivity contribution is 7.89. The van der Waals surface area contributed by atoms with Crippen LogP contribution in [0.15, 0.2) is 0 Å². The summed E-state index contributed by atoms with van der Waals surface area (Å²) in [6, 6.07) is 0. The van der Waals surface area contributed by atoms with Crippen LogP contribution in [0.4, 0.5) is 0 Å². The molecule has 1 fully saturated rings. The maximum atomic E-state index is 12.1. The summed E-state index contributed by atoms with van der Waals surface area (Å²) < 4.78 is 31.1. The molecule has 0 atom stereocenters. The van der Waals surface area contributed by atoms with Gasteiger partial charge < -0.3 is 10.1 Å². The van der Waals surface area contributed by atoms with Crippen molar-refractivity contribution in [3.8, 4) is 0 Å². The molecule has 18 heavy (non-hydrogen) atoms. The third kappa shape index (κ3) is 5.65. The first-order valence-corrected chi connectivity index (χ1v) is 8.29. The number of hydrogen-bond acceptors (Lipinski definition) is 4.